The standard InChI is InChI=1S/C23H31BO3S2/c1-27-22(25)16-23(24,26)14-12-21(29-18-20-10-6-3-7-11-20)13-15-28-17-19-8-4-2-5-9-19/h2-11,21,26H,12-18,24H2,1H3. The first-order valence-electron chi connectivity index (χ1n) is 10.0. The quantitative estimate of drug-likeness (QED) is 0.292. The second kappa shape index (κ2) is 13.0. The largest absolute Gasteiger partial charge is 0.469 e. The van der Waals surface area contributed by atoms with Crippen molar-refractivity contribution in [3.05, 3.63) is 71.8 Å². The van der Waals surface area contributed by atoms with E-state index in [0.29, 0.717) is 11.7 Å². The molecular formula is C23H31BO3S2. The van der Waals surface area contributed by atoms with Crippen molar-refractivity contribution in [3.63, 3.8) is 0 Å². The third kappa shape index (κ3) is 10.3. The third-order valence-corrected chi connectivity index (χ3v) is 7.29. The number of methoxy groups -OCH3 is 1. The number of esters is 1. The summed E-state index contributed by atoms with van der Waals surface area (Å²) in [6.07, 6.45) is 2.61. The smallest absolute Gasteiger partial charge is 0.307 e. The first-order chi connectivity index (χ1) is 14.0. The molecule has 3 nitrogen and oxygen atoms in total. The second-order valence-corrected chi connectivity index (χ2v) is 9.93. The number of hydrogen-bond donors (Lipinski definition) is 1. The Morgan fingerprint density at radius 2 is 1.62 bits per heavy atom. The van der Waals surface area contributed by atoms with E-state index >= 15 is 0 Å². The minimum absolute atomic E-state index is 0.0440. The van der Waals surface area contributed by atoms with Crippen LogP contribution in [0.25, 0.3) is 0 Å². The van der Waals surface area contributed by atoms with E-state index in [1.165, 1.54) is 18.2 Å². The van der Waals surface area contributed by atoms with Gasteiger partial charge in [0.2, 0.25) is 0 Å². The zero-order chi connectivity index (χ0) is 21.0. The highest BCUT2D eigenvalue weighted by Crippen LogP contribution is 2.29. The average Bonchev–Trinajstić information content (AvgIpc) is 2.73. The molecule has 156 valence electrons. The van der Waals surface area contributed by atoms with E-state index in [2.05, 4.69) is 48.5 Å². The fourth-order valence-electron chi connectivity index (χ4n) is 3.02. The summed E-state index contributed by atoms with van der Waals surface area (Å²) in [7, 11) is 3.09. The Bertz CT molecular complexity index is 711. The van der Waals surface area contributed by atoms with Crippen LogP contribution < -0.4 is 0 Å². The number of benzene rings is 2. The van der Waals surface area contributed by atoms with Gasteiger partial charge in [0.05, 0.1) is 13.5 Å². The van der Waals surface area contributed by atoms with Gasteiger partial charge in [0.1, 0.15) is 7.85 Å². The van der Waals surface area contributed by atoms with Gasteiger partial charge < -0.3 is 9.84 Å². The summed E-state index contributed by atoms with van der Waals surface area (Å²) in [6, 6.07) is 21.0. The Morgan fingerprint density at radius 3 is 2.21 bits per heavy atom. The lowest BCUT2D eigenvalue weighted by Crippen LogP contribution is -2.33. The predicted molar refractivity (Wildman–Crippen MR) is 128 cm³/mol. The topological polar surface area (TPSA) is 46.5 Å². The lowest BCUT2D eigenvalue weighted by molar-refractivity contribution is -0.143. The summed E-state index contributed by atoms with van der Waals surface area (Å²) in [5.74, 6) is 2.72. The van der Waals surface area contributed by atoms with Crippen molar-refractivity contribution in [2.75, 3.05) is 12.9 Å². The van der Waals surface area contributed by atoms with Crippen LogP contribution >= 0.6 is 23.5 Å². The van der Waals surface area contributed by atoms with Gasteiger partial charge in [0.25, 0.3) is 0 Å². The Labute approximate surface area is 184 Å². The van der Waals surface area contributed by atoms with Gasteiger partial charge in [0, 0.05) is 22.3 Å². The van der Waals surface area contributed by atoms with Crippen molar-refractivity contribution < 1.29 is 14.6 Å². The van der Waals surface area contributed by atoms with Crippen molar-refractivity contribution >= 4 is 37.3 Å². The predicted octanol–water partition coefficient (Wildman–Crippen LogP) is 4.28. The van der Waals surface area contributed by atoms with Crippen molar-refractivity contribution in [2.45, 2.75) is 47.9 Å². The van der Waals surface area contributed by atoms with Crippen molar-refractivity contribution in [1.82, 2.24) is 0 Å². The SMILES string of the molecule is BC(O)(CCC(CCSCc1ccccc1)SCc1ccccc1)CC(=O)OC. The van der Waals surface area contributed by atoms with E-state index in [0.717, 1.165) is 30.1 Å². The number of aliphatic hydroxyl groups is 1. The molecule has 0 saturated heterocycles. The molecule has 0 aliphatic heterocycles. The van der Waals surface area contributed by atoms with Gasteiger partial charge in [-0.2, -0.15) is 23.5 Å². The zero-order valence-electron chi connectivity index (χ0n) is 17.4. The Kier molecular flexibility index (Phi) is 10.8. The molecule has 0 aliphatic rings. The molecule has 2 unspecified atom stereocenters. The zero-order valence-corrected chi connectivity index (χ0v) is 19.0. The van der Waals surface area contributed by atoms with Crippen molar-refractivity contribution in [3.8, 4) is 0 Å². The molecule has 29 heavy (non-hydrogen) atoms. The van der Waals surface area contributed by atoms with Crippen LogP contribution in [0.2, 0.25) is 0 Å². The Morgan fingerprint density at radius 1 is 1.03 bits per heavy atom. The van der Waals surface area contributed by atoms with Crippen LogP contribution in [0.1, 0.15) is 36.8 Å². The number of hydrogen-bond acceptors (Lipinski definition) is 5. The maximum atomic E-state index is 11.5. The summed E-state index contributed by atoms with van der Waals surface area (Å²) >= 11 is 3.90. The summed E-state index contributed by atoms with van der Waals surface area (Å²) in [5.41, 5.74) is 1.66. The summed E-state index contributed by atoms with van der Waals surface area (Å²) in [4.78, 5) is 11.5. The van der Waals surface area contributed by atoms with E-state index in [1.54, 1.807) is 7.85 Å². The normalized spacial score (nSPS) is 14.1. The third-order valence-electron chi connectivity index (χ3n) is 4.78. The molecule has 0 aliphatic carbocycles. The van der Waals surface area contributed by atoms with Crippen LogP contribution in [0.15, 0.2) is 60.7 Å². The number of carbonyl (C=O) groups is 1. The first-order valence-corrected chi connectivity index (χ1v) is 12.3. The minimum Gasteiger partial charge on any atom is -0.469 e. The van der Waals surface area contributed by atoms with Gasteiger partial charge in [-0.25, -0.2) is 0 Å². The van der Waals surface area contributed by atoms with E-state index < -0.39 is 5.50 Å². The number of thioether (sulfide) groups is 2. The number of ether oxygens (including phenoxy) is 1. The van der Waals surface area contributed by atoms with E-state index in [1.807, 2.05) is 35.7 Å². The van der Waals surface area contributed by atoms with Gasteiger partial charge in [-0.3, -0.25) is 4.79 Å². The molecule has 2 aromatic rings. The van der Waals surface area contributed by atoms with E-state index in [4.69, 9.17) is 4.74 Å². The van der Waals surface area contributed by atoms with Gasteiger partial charge in [-0.05, 0) is 36.1 Å². The molecule has 2 rings (SSSR count). The van der Waals surface area contributed by atoms with Crippen LogP contribution in [-0.2, 0) is 21.0 Å². The molecular weight excluding hydrogens is 399 g/mol. The molecule has 0 heterocycles. The van der Waals surface area contributed by atoms with Gasteiger partial charge in [0.15, 0.2) is 0 Å². The number of carbonyl (C=O) groups excluding carboxylic acids is 1. The molecule has 0 radical (unpaired) electrons. The van der Waals surface area contributed by atoms with Gasteiger partial charge in [-0.1, -0.05) is 60.7 Å². The summed E-state index contributed by atoms with van der Waals surface area (Å²) in [5, 5.41) is 11.0. The number of rotatable bonds is 13. The van der Waals surface area contributed by atoms with Crippen LogP contribution in [0.3, 0.4) is 0 Å². The fraction of sp³-hybridized carbons (Fsp3) is 0.435. The van der Waals surface area contributed by atoms with Crippen LogP contribution in [0.4, 0.5) is 0 Å². The maximum absolute atomic E-state index is 11.5. The molecule has 0 aromatic heterocycles. The molecule has 0 spiro atoms. The van der Waals surface area contributed by atoms with Crippen molar-refractivity contribution in [2.24, 2.45) is 0 Å². The summed E-state index contributed by atoms with van der Waals surface area (Å²) < 4.78 is 4.71. The molecule has 6 heteroatoms. The highest BCUT2D eigenvalue weighted by atomic mass is 32.2. The molecule has 0 fully saturated rings. The van der Waals surface area contributed by atoms with E-state index in [-0.39, 0.29) is 12.4 Å². The van der Waals surface area contributed by atoms with Crippen LogP contribution in [0.5, 0.6) is 0 Å². The monoisotopic (exact) mass is 430 g/mol. The lowest BCUT2D eigenvalue weighted by atomic mass is 9.75. The first kappa shape index (κ1) is 23.9. The second-order valence-electron chi connectivity index (χ2n) is 7.53. The molecule has 1 N–H and O–H groups in total. The van der Waals surface area contributed by atoms with Crippen molar-refractivity contribution in [1.29, 1.82) is 0 Å². The molecule has 2 atom stereocenters. The highest BCUT2D eigenvalue weighted by Gasteiger charge is 2.26. The van der Waals surface area contributed by atoms with Crippen LogP contribution in [0, 0.1) is 0 Å². The van der Waals surface area contributed by atoms with E-state index in [9.17, 15) is 9.90 Å². The van der Waals surface area contributed by atoms with Gasteiger partial charge in [-0.15, -0.1) is 0 Å². The molecule has 0 amide bonds. The fourth-order valence-corrected chi connectivity index (χ4v) is 5.38. The Hall–Kier alpha value is -1.37. The highest BCUT2D eigenvalue weighted by molar-refractivity contribution is 7.99. The maximum Gasteiger partial charge on any atom is 0.307 e. The Balaban J connectivity index is 1.83. The average molecular weight is 430 g/mol. The molecule has 2 aromatic carbocycles. The summed E-state index contributed by atoms with van der Waals surface area (Å²) in [6.45, 7) is 0. The molecule has 0 saturated carbocycles. The van der Waals surface area contributed by atoms with Crippen LogP contribution in [-0.4, -0.2) is 42.5 Å². The minimum atomic E-state index is -1.02. The lowest BCUT2D eigenvalue weighted by Gasteiger charge is -2.25. The van der Waals surface area contributed by atoms with Gasteiger partial charge >= 0.3 is 5.97 Å². The molecule has 0 bridgehead atoms.